The average Bonchev–Trinajstić information content (AvgIpc) is 3.97. The summed E-state index contributed by atoms with van der Waals surface area (Å²) in [6.45, 7) is 0. The summed E-state index contributed by atoms with van der Waals surface area (Å²) < 4.78 is 45.6. The fourth-order valence-corrected chi connectivity index (χ4v) is 6.07. The van der Waals surface area contributed by atoms with Gasteiger partial charge in [0.25, 0.3) is 0 Å². The number of hydrogen-bond acceptors (Lipinski definition) is 10. The zero-order valence-corrected chi connectivity index (χ0v) is 32.1. The zero-order chi connectivity index (χ0) is 37.7. The van der Waals surface area contributed by atoms with Crippen LogP contribution in [0.1, 0.15) is 0 Å². The molecule has 11 nitrogen and oxygen atoms in total. The SMILES string of the molecule is COc1ccc(-n2nc3ccccc3n2)c2ccccc12.COc1ccc(-n2nc3ccccc3n2)c2ccccc12.[Ir].[O-]/C(=N\c1nccs1)C(F)(F)F. The Morgan fingerprint density at radius 2 is 0.982 bits per heavy atom. The molecule has 3 heterocycles. The summed E-state index contributed by atoms with van der Waals surface area (Å²) in [5, 5.41) is 33.9. The molecule has 0 bridgehead atoms. The molecule has 0 aliphatic heterocycles. The summed E-state index contributed by atoms with van der Waals surface area (Å²) in [4.78, 5) is 9.51. The molecule has 1 radical (unpaired) electrons. The average molecular weight is 938 g/mol. The first-order valence-corrected chi connectivity index (χ1v) is 17.1. The Morgan fingerprint density at radius 1 is 0.600 bits per heavy atom. The fraction of sp³-hybridized carbons (Fsp3) is 0.0769. The second-order valence-corrected chi connectivity index (χ2v) is 12.2. The van der Waals surface area contributed by atoms with Crippen LogP contribution in [0.2, 0.25) is 0 Å². The molecule has 0 atom stereocenters. The van der Waals surface area contributed by atoms with E-state index in [0.29, 0.717) is 0 Å². The number of rotatable bonds is 5. The molecule has 9 rings (SSSR count). The molecule has 6 aromatic carbocycles. The Kier molecular flexibility index (Phi) is 11.8. The zero-order valence-electron chi connectivity index (χ0n) is 28.9. The Bertz CT molecular complexity index is 2510. The van der Waals surface area contributed by atoms with E-state index in [1.807, 2.05) is 109 Å². The van der Waals surface area contributed by atoms with E-state index in [4.69, 9.17) is 9.47 Å². The molecule has 0 spiro atoms. The third kappa shape index (κ3) is 8.46. The first-order chi connectivity index (χ1) is 26.2. The van der Waals surface area contributed by atoms with Gasteiger partial charge in [-0.15, -0.1) is 41.3 Å². The maximum Gasteiger partial charge on any atom is 0.419 e. The van der Waals surface area contributed by atoms with Gasteiger partial charge >= 0.3 is 6.18 Å². The predicted molar refractivity (Wildman–Crippen MR) is 201 cm³/mol. The molecule has 9 aromatic rings. The van der Waals surface area contributed by atoms with Crippen molar-refractivity contribution in [2.24, 2.45) is 4.99 Å². The molecule has 0 saturated carbocycles. The predicted octanol–water partition coefficient (Wildman–Crippen LogP) is 8.26. The van der Waals surface area contributed by atoms with Crippen molar-refractivity contribution < 1.29 is 47.9 Å². The molecule has 16 heteroatoms. The molecule has 0 N–H and O–H groups in total. The number of benzene rings is 6. The van der Waals surface area contributed by atoms with Crippen molar-refractivity contribution in [3.63, 3.8) is 0 Å². The Morgan fingerprint density at radius 3 is 1.33 bits per heavy atom. The van der Waals surface area contributed by atoms with Gasteiger partial charge in [-0.3, -0.25) is 0 Å². The number of thiazole rings is 1. The van der Waals surface area contributed by atoms with E-state index in [1.165, 1.54) is 11.6 Å². The van der Waals surface area contributed by atoms with Crippen LogP contribution in [-0.2, 0) is 20.1 Å². The number of ether oxygens (including phenoxy) is 2. The van der Waals surface area contributed by atoms with E-state index in [-0.39, 0.29) is 25.2 Å². The van der Waals surface area contributed by atoms with E-state index in [9.17, 15) is 18.3 Å². The van der Waals surface area contributed by atoms with Crippen molar-refractivity contribution in [3.05, 3.63) is 133 Å². The molecular formula is C39H28F3IrN8O3S-. The van der Waals surface area contributed by atoms with Crippen molar-refractivity contribution in [2.75, 3.05) is 14.2 Å². The number of nitrogens with zero attached hydrogens (tertiary/aromatic N) is 8. The van der Waals surface area contributed by atoms with Crippen LogP contribution < -0.4 is 14.6 Å². The Labute approximate surface area is 328 Å². The number of halogens is 3. The van der Waals surface area contributed by atoms with Crippen molar-refractivity contribution in [2.45, 2.75) is 6.18 Å². The van der Waals surface area contributed by atoms with Gasteiger partial charge in [-0.2, -0.15) is 13.2 Å². The smallest absolute Gasteiger partial charge is 0.419 e. The van der Waals surface area contributed by atoms with Gasteiger partial charge in [0.05, 0.1) is 31.5 Å². The molecule has 3 aromatic heterocycles. The van der Waals surface area contributed by atoms with Gasteiger partial charge in [0, 0.05) is 53.2 Å². The summed E-state index contributed by atoms with van der Waals surface area (Å²) in [7, 11) is 3.36. The maximum absolute atomic E-state index is 11.6. The normalized spacial score (nSPS) is 11.4. The molecular weight excluding hydrogens is 910 g/mol. The van der Waals surface area contributed by atoms with E-state index < -0.39 is 12.1 Å². The molecule has 0 saturated heterocycles. The van der Waals surface area contributed by atoms with Crippen molar-refractivity contribution in [3.8, 4) is 22.9 Å². The molecule has 55 heavy (non-hydrogen) atoms. The number of aliphatic imine (C=N–C) groups is 1. The van der Waals surface area contributed by atoms with Crippen LogP contribution in [-0.4, -0.2) is 61.3 Å². The number of aromatic nitrogens is 7. The standard InChI is InChI=1S/2C17H13N3O.C5H3F3N2OS.Ir/c2*1-21-17-11-10-16(12-6-2-3-7-13(12)17)20-18-14-8-4-5-9-15(14)19-20;6-5(7,8)3(11)10-4-9-1-2-12-4;/h2*2-11H,1H3;1-2H,(H,9,10,11);/p-1. The summed E-state index contributed by atoms with van der Waals surface area (Å²) in [6, 6.07) is 39.8. The van der Waals surface area contributed by atoms with Crippen LogP contribution in [0, 0.1) is 0 Å². The number of methoxy groups -OCH3 is 2. The summed E-state index contributed by atoms with van der Waals surface area (Å²) in [6.07, 6.45) is -3.64. The molecule has 0 amide bonds. The summed E-state index contributed by atoms with van der Waals surface area (Å²) in [5.74, 6) is -0.422. The van der Waals surface area contributed by atoms with Gasteiger partial charge in [0.1, 0.15) is 33.6 Å². The van der Waals surface area contributed by atoms with Gasteiger partial charge in [-0.05, 0) is 48.5 Å². The van der Waals surface area contributed by atoms with Gasteiger partial charge < -0.3 is 14.6 Å². The topological polar surface area (TPSA) is 128 Å². The van der Waals surface area contributed by atoms with Gasteiger partial charge in [-0.1, -0.05) is 72.8 Å². The Hall–Kier alpha value is -6.22. The third-order valence-electron chi connectivity index (χ3n) is 8.03. The Balaban J connectivity index is 0.000000145. The minimum atomic E-state index is -4.91. The quantitative estimate of drug-likeness (QED) is 0.125. The largest absolute Gasteiger partial charge is 0.855 e. The molecule has 0 aliphatic rings. The molecule has 0 fully saturated rings. The minimum absolute atomic E-state index is 0. The monoisotopic (exact) mass is 938 g/mol. The van der Waals surface area contributed by atoms with Crippen molar-refractivity contribution in [1.82, 2.24) is 35.0 Å². The van der Waals surface area contributed by atoms with E-state index >= 15 is 0 Å². The van der Waals surface area contributed by atoms with Crippen molar-refractivity contribution in [1.29, 1.82) is 0 Å². The van der Waals surface area contributed by atoms with Crippen molar-refractivity contribution >= 4 is 66.0 Å². The van der Waals surface area contributed by atoms with E-state index in [0.717, 1.165) is 77.8 Å². The second-order valence-electron chi connectivity index (χ2n) is 11.4. The van der Waals surface area contributed by atoms with Gasteiger partial charge in [-0.25, -0.2) is 9.98 Å². The van der Waals surface area contributed by atoms with Crippen LogP contribution in [0.25, 0.3) is 55.0 Å². The van der Waals surface area contributed by atoms with Crippen LogP contribution in [0.5, 0.6) is 11.5 Å². The van der Waals surface area contributed by atoms with E-state index in [1.54, 1.807) is 23.8 Å². The number of fused-ring (bicyclic) bond motifs is 4. The van der Waals surface area contributed by atoms with Gasteiger partial charge in [0.15, 0.2) is 0 Å². The fourth-order valence-electron chi connectivity index (χ4n) is 5.57. The third-order valence-corrected chi connectivity index (χ3v) is 8.69. The minimum Gasteiger partial charge on any atom is -0.855 e. The van der Waals surface area contributed by atoms with E-state index in [2.05, 4.69) is 42.5 Å². The number of alkyl halides is 3. The summed E-state index contributed by atoms with van der Waals surface area (Å²) >= 11 is 0.869. The number of hydrogen-bond donors (Lipinski definition) is 0. The first-order valence-electron chi connectivity index (χ1n) is 16.2. The molecule has 0 unspecified atom stereocenters. The van der Waals surface area contributed by atoms with Crippen LogP contribution in [0.15, 0.2) is 138 Å². The summed E-state index contributed by atoms with van der Waals surface area (Å²) in [5.41, 5.74) is 5.44. The van der Waals surface area contributed by atoms with Gasteiger partial charge in [0.2, 0.25) is 5.13 Å². The van der Waals surface area contributed by atoms with Crippen LogP contribution >= 0.6 is 11.3 Å². The molecule has 0 aliphatic carbocycles. The second kappa shape index (κ2) is 16.8. The van der Waals surface area contributed by atoms with Crippen LogP contribution in [0.3, 0.4) is 0 Å². The van der Waals surface area contributed by atoms with Crippen LogP contribution in [0.4, 0.5) is 18.3 Å². The molecule has 279 valence electrons. The first kappa shape index (κ1) is 38.5. The maximum atomic E-state index is 11.6.